The Morgan fingerprint density at radius 1 is 1.02 bits per heavy atom. The number of nitrogens with zero attached hydrogens (tertiary/aromatic N) is 5. The van der Waals surface area contributed by atoms with Gasteiger partial charge in [-0.05, 0) is 38.0 Å². The van der Waals surface area contributed by atoms with Crippen molar-refractivity contribution in [3.63, 3.8) is 0 Å². The number of rotatable bonds is 7. The Morgan fingerprint density at radius 2 is 1.77 bits per heavy atom. The van der Waals surface area contributed by atoms with Gasteiger partial charge in [0.05, 0.1) is 6.54 Å². The number of fused-ring (bicyclic) bond motifs is 1. The van der Waals surface area contributed by atoms with Crippen LogP contribution in [0.5, 0.6) is 11.8 Å². The van der Waals surface area contributed by atoms with Gasteiger partial charge in [0.2, 0.25) is 0 Å². The maximum Gasteiger partial charge on any atom is 0.401 e. The molecule has 0 unspecified atom stereocenters. The summed E-state index contributed by atoms with van der Waals surface area (Å²) in [4.78, 5) is 15.2. The van der Waals surface area contributed by atoms with Gasteiger partial charge in [0.25, 0.3) is 0 Å². The number of ether oxygens (including phenoxy) is 1. The van der Waals surface area contributed by atoms with Crippen molar-refractivity contribution in [3.05, 3.63) is 47.5 Å². The molecule has 0 spiro atoms. The van der Waals surface area contributed by atoms with Crippen LogP contribution in [0.2, 0.25) is 0 Å². The fourth-order valence-electron chi connectivity index (χ4n) is 4.67. The van der Waals surface area contributed by atoms with E-state index in [0.29, 0.717) is 47.4 Å². The van der Waals surface area contributed by atoms with Crippen LogP contribution in [0.3, 0.4) is 0 Å². The maximum absolute atomic E-state index is 15.2. The number of aromatic amines is 2. The predicted octanol–water partition coefficient (Wildman–Crippen LogP) is 6.25. The molecule has 9 nitrogen and oxygen atoms in total. The van der Waals surface area contributed by atoms with Gasteiger partial charge in [-0.15, -0.1) is 0 Å². The van der Waals surface area contributed by atoms with E-state index in [2.05, 4.69) is 30.5 Å². The molecule has 1 saturated carbocycles. The number of aryl methyl sites for hydroxylation is 1. The molecule has 2 fully saturated rings. The van der Waals surface area contributed by atoms with Crippen LogP contribution in [0.25, 0.3) is 10.9 Å². The van der Waals surface area contributed by atoms with Crippen LogP contribution < -0.4 is 15.0 Å². The summed E-state index contributed by atoms with van der Waals surface area (Å²) in [6.45, 7) is 6.01. The van der Waals surface area contributed by atoms with Crippen molar-refractivity contribution in [1.29, 1.82) is 0 Å². The molecule has 1 aromatic carbocycles. The summed E-state index contributed by atoms with van der Waals surface area (Å²) in [6.07, 6.45) is -2.01. The summed E-state index contributed by atoms with van der Waals surface area (Å²) < 4.78 is 59.5. The Balaban J connectivity index is 0.00000158. The first kappa shape index (κ1) is 27.7. The summed E-state index contributed by atoms with van der Waals surface area (Å²) in [5.74, 6) is 1.30. The second kappa shape index (κ2) is 11.3. The molecule has 6 rings (SSSR count). The van der Waals surface area contributed by atoms with Gasteiger partial charge in [0.15, 0.2) is 17.4 Å². The first-order chi connectivity index (χ1) is 19.2. The molecule has 3 aromatic heterocycles. The van der Waals surface area contributed by atoms with Crippen molar-refractivity contribution in [3.8, 4) is 11.8 Å². The van der Waals surface area contributed by atoms with Gasteiger partial charge in [-0.25, -0.2) is 4.39 Å². The Kier molecular flexibility index (Phi) is 7.83. The van der Waals surface area contributed by atoms with Crippen LogP contribution in [-0.2, 0) is 0 Å². The van der Waals surface area contributed by atoms with E-state index >= 15 is 4.39 Å². The highest BCUT2D eigenvalue weighted by atomic mass is 19.4. The van der Waals surface area contributed by atoms with Gasteiger partial charge in [-0.2, -0.15) is 28.2 Å². The quantitative estimate of drug-likeness (QED) is 0.230. The van der Waals surface area contributed by atoms with E-state index in [1.165, 1.54) is 11.0 Å². The number of H-pyrrole nitrogens is 2. The molecule has 3 N–H and O–H groups in total. The highest BCUT2D eigenvalue weighted by molar-refractivity contribution is 5.82. The lowest BCUT2D eigenvalue weighted by molar-refractivity contribution is -0.146. The standard InChI is InChI=1S/C25H26F4N8O.C2H6/c1-14-10-16-17(30-14)4-5-19(23(16)26)38-24-32-20(31-21-11-18(34-35-21)15-2-3-15)12-22(33-24)37-8-6-36(7-9-37)13-25(27,28)29;1-2/h4-5,10-12,15,30H,2-3,6-9,13H2,1H3,(H2,31,32,33,34,35);1-2H3. The molecule has 0 atom stereocenters. The molecule has 1 aliphatic heterocycles. The number of anilines is 3. The van der Waals surface area contributed by atoms with Gasteiger partial charge in [0, 0.05) is 66.5 Å². The van der Waals surface area contributed by atoms with Gasteiger partial charge in [-0.3, -0.25) is 10.00 Å². The van der Waals surface area contributed by atoms with Gasteiger partial charge in [0.1, 0.15) is 11.6 Å². The largest absolute Gasteiger partial charge is 0.421 e. The normalized spacial score (nSPS) is 16.1. The summed E-state index contributed by atoms with van der Waals surface area (Å²) in [5.41, 5.74) is 2.50. The minimum absolute atomic E-state index is 0.0367. The van der Waals surface area contributed by atoms with E-state index in [4.69, 9.17) is 4.74 Å². The zero-order chi connectivity index (χ0) is 28.4. The molecule has 1 aliphatic carbocycles. The fourth-order valence-corrected chi connectivity index (χ4v) is 4.67. The Labute approximate surface area is 228 Å². The van der Waals surface area contributed by atoms with Crippen LogP contribution in [0.4, 0.5) is 35.0 Å². The molecule has 13 heteroatoms. The molecule has 0 amide bonds. The highest BCUT2D eigenvalue weighted by Gasteiger charge is 2.32. The average molecular weight is 561 g/mol. The number of alkyl halides is 3. The summed E-state index contributed by atoms with van der Waals surface area (Å²) >= 11 is 0. The molecule has 4 heterocycles. The number of piperazine rings is 1. The third kappa shape index (κ3) is 6.46. The van der Waals surface area contributed by atoms with E-state index in [9.17, 15) is 13.2 Å². The zero-order valence-corrected chi connectivity index (χ0v) is 22.6. The van der Waals surface area contributed by atoms with Crippen molar-refractivity contribution in [2.24, 2.45) is 0 Å². The summed E-state index contributed by atoms with van der Waals surface area (Å²) in [5, 5.41) is 10.8. The number of halogens is 4. The zero-order valence-electron chi connectivity index (χ0n) is 22.6. The molecule has 214 valence electrons. The summed E-state index contributed by atoms with van der Waals surface area (Å²) in [6, 6.07) is 8.42. The van der Waals surface area contributed by atoms with Crippen LogP contribution in [0.15, 0.2) is 30.3 Å². The van der Waals surface area contributed by atoms with Crippen LogP contribution in [0.1, 0.15) is 44.0 Å². The number of nitrogens with one attached hydrogen (secondary N) is 3. The minimum atomic E-state index is -4.25. The molecule has 4 aromatic rings. The predicted molar refractivity (Wildman–Crippen MR) is 145 cm³/mol. The maximum atomic E-state index is 15.2. The molecule has 2 aliphatic rings. The molecule has 1 saturated heterocycles. The van der Waals surface area contributed by atoms with E-state index < -0.39 is 18.5 Å². The van der Waals surface area contributed by atoms with Gasteiger partial charge in [-0.1, -0.05) is 13.8 Å². The third-order valence-corrected chi connectivity index (χ3v) is 6.70. The highest BCUT2D eigenvalue weighted by Crippen LogP contribution is 2.40. The van der Waals surface area contributed by atoms with Crippen LogP contribution in [-0.4, -0.2) is 68.9 Å². The van der Waals surface area contributed by atoms with Crippen molar-refractivity contribution < 1.29 is 22.3 Å². The second-order valence-electron chi connectivity index (χ2n) is 9.77. The van der Waals surface area contributed by atoms with E-state index in [1.807, 2.05) is 31.7 Å². The molecular formula is C27H32F4N8O. The number of benzene rings is 1. The number of aromatic nitrogens is 5. The number of hydrogen-bond acceptors (Lipinski definition) is 7. The third-order valence-electron chi connectivity index (χ3n) is 6.70. The first-order valence-corrected chi connectivity index (χ1v) is 13.4. The van der Waals surface area contributed by atoms with Gasteiger partial charge >= 0.3 is 12.2 Å². The van der Waals surface area contributed by atoms with Gasteiger partial charge < -0.3 is 19.9 Å². The lowest BCUT2D eigenvalue weighted by atomic mass is 10.2. The SMILES string of the molecule is CC.Cc1cc2c(F)c(Oc3nc(Nc4cc(C5CC5)[nH]n4)cc(N4CCN(CC(F)(F)F)CC4)n3)ccc2[nH]1. The van der Waals surface area contributed by atoms with E-state index in [1.54, 1.807) is 18.2 Å². The van der Waals surface area contributed by atoms with E-state index in [-0.39, 0.29) is 24.8 Å². The minimum Gasteiger partial charge on any atom is -0.421 e. The fraction of sp³-hybridized carbons (Fsp3) is 0.444. The topological polar surface area (TPSA) is 98.0 Å². The molecular weight excluding hydrogens is 528 g/mol. The van der Waals surface area contributed by atoms with Crippen LogP contribution in [0, 0.1) is 12.7 Å². The average Bonchev–Trinajstić information content (AvgIpc) is 3.54. The molecule has 0 radical (unpaired) electrons. The Bertz CT molecular complexity index is 1450. The van der Waals surface area contributed by atoms with Crippen molar-refractivity contribution in [2.75, 3.05) is 42.9 Å². The smallest absolute Gasteiger partial charge is 0.401 e. The van der Waals surface area contributed by atoms with Crippen molar-refractivity contribution >= 4 is 28.4 Å². The first-order valence-electron chi connectivity index (χ1n) is 13.4. The van der Waals surface area contributed by atoms with Crippen LogP contribution >= 0.6 is 0 Å². The Morgan fingerprint density at radius 3 is 2.48 bits per heavy atom. The lowest BCUT2D eigenvalue weighted by Gasteiger charge is -2.35. The Hall–Kier alpha value is -3.87. The molecule has 0 bridgehead atoms. The van der Waals surface area contributed by atoms with Crippen molar-refractivity contribution in [2.45, 2.75) is 45.7 Å². The number of hydrogen-bond donors (Lipinski definition) is 3. The second-order valence-corrected chi connectivity index (χ2v) is 9.77. The van der Waals surface area contributed by atoms with E-state index in [0.717, 1.165) is 24.2 Å². The van der Waals surface area contributed by atoms with Crippen molar-refractivity contribution in [1.82, 2.24) is 30.0 Å². The monoisotopic (exact) mass is 560 g/mol. The summed E-state index contributed by atoms with van der Waals surface area (Å²) in [7, 11) is 0. The lowest BCUT2D eigenvalue weighted by Crippen LogP contribution is -2.49. The molecule has 40 heavy (non-hydrogen) atoms.